The van der Waals surface area contributed by atoms with E-state index in [9.17, 15) is 8.78 Å². The van der Waals surface area contributed by atoms with E-state index in [0.29, 0.717) is 13.0 Å². The number of hydrogen-bond donors (Lipinski definition) is 1. The first kappa shape index (κ1) is 12.1. The SMILES string of the molecule is CCNC(Cc1ccc(Br)s1)C(F)F. The number of hydrogen-bond acceptors (Lipinski definition) is 2. The van der Waals surface area contributed by atoms with Crippen LogP contribution in [0.15, 0.2) is 15.9 Å². The van der Waals surface area contributed by atoms with Crippen molar-refractivity contribution >= 4 is 27.3 Å². The van der Waals surface area contributed by atoms with E-state index in [1.54, 1.807) is 0 Å². The molecule has 1 atom stereocenters. The number of nitrogens with one attached hydrogen (secondary N) is 1. The summed E-state index contributed by atoms with van der Waals surface area (Å²) in [5.41, 5.74) is 0. The van der Waals surface area contributed by atoms with Crippen molar-refractivity contribution in [1.82, 2.24) is 5.32 Å². The van der Waals surface area contributed by atoms with E-state index in [1.807, 2.05) is 19.1 Å². The second-order valence-corrected chi connectivity index (χ2v) is 5.46. The van der Waals surface area contributed by atoms with Crippen LogP contribution in [0.4, 0.5) is 8.78 Å². The molecule has 0 saturated carbocycles. The lowest BCUT2D eigenvalue weighted by Gasteiger charge is -2.15. The first-order valence-corrected chi connectivity index (χ1v) is 6.00. The molecule has 0 fully saturated rings. The van der Waals surface area contributed by atoms with Crippen molar-refractivity contribution in [3.8, 4) is 0 Å². The average Bonchev–Trinajstić information content (AvgIpc) is 2.50. The fraction of sp³-hybridized carbons (Fsp3) is 0.556. The summed E-state index contributed by atoms with van der Waals surface area (Å²) in [6, 6.07) is 3.03. The third-order valence-corrected chi connectivity index (χ3v) is 3.47. The summed E-state index contributed by atoms with van der Waals surface area (Å²) in [4.78, 5) is 0.975. The van der Waals surface area contributed by atoms with E-state index in [4.69, 9.17) is 0 Å². The summed E-state index contributed by atoms with van der Waals surface area (Å²) < 4.78 is 26.0. The lowest BCUT2D eigenvalue weighted by Crippen LogP contribution is -2.37. The maximum atomic E-state index is 12.5. The lowest BCUT2D eigenvalue weighted by atomic mass is 10.2. The minimum atomic E-state index is -2.31. The Morgan fingerprint density at radius 1 is 1.50 bits per heavy atom. The highest BCUT2D eigenvalue weighted by Crippen LogP contribution is 2.24. The Morgan fingerprint density at radius 2 is 2.21 bits per heavy atom. The highest BCUT2D eigenvalue weighted by molar-refractivity contribution is 9.11. The van der Waals surface area contributed by atoms with E-state index in [2.05, 4.69) is 21.2 Å². The number of likely N-dealkylation sites (N-methyl/N-ethyl adjacent to an activating group) is 1. The van der Waals surface area contributed by atoms with Gasteiger partial charge in [0.15, 0.2) is 0 Å². The van der Waals surface area contributed by atoms with Crippen molar-refractivity contribution in [3.63, 3.8) is 0 Å². The Kier molecular flexibility index (Phi) is 4.98. The van der Waals surface area contributed by atoms with Gasteiger partial charge >= 0.3 is 0 Å². The van der Waals surface area contributed by atoms with Gasteiger partial charge in [-0.05, 0) is 34.6 Å². The van der Waals surface area contributed by atoms with Crippen LogP contribution < -0.4 is 5.32 Å². The fourth-order valence-corrected chi connectivity index (χ4v) is 2.73. The van der Waals surface area contributed by atoms with Crippen LogP contribution in [0.2, 0.25) is 0 Å². The van der Waals surface area contributed by atoms with E-state index in [1.165, 1.54) is 11.3 Å². The smallest absolute Gasteiger partial charge is 0.254 e. The molecule has 0 aromatic carbocycles. The van der Waals surface area contributed by atoms with Crippen LogP contribution >= 0.6 is 27.3 Å². The predicted molar refractivity (Wildman–Crippen MR) is 59.2 cm³/mol. The van der Waals surface area contributed by atoms with E-state index in [0.717, 1.165) is 8.66 Å². The molecule has 0 bridgehead atoms. The third kappa shape index (κ3) is 3.63. The second-order valence-electron chi connectivity index (χ2n) is 2.91. The van der Waals surface area contributed by atoms with Gasteiger partial charge in [-0.1, -0.05) is 6.92 Å². The molecule has 0 aliphatic heterocycles. The molecule has 1 aromatic rings. The zero-order valence-corrected chi connectivity index (χ0v) is 10.2. The Bertz CT molecular complexity index is 278. The number of thiophene rings is 1. The zero-order valence-electron chi connectivity index (χ0n) is 7.77. The summed E-state index contributed by atoms with van der Waals surface area (Å²) in [5.74, 6) is 0. The van der Waals surface area contributed by atoms with Gasteiger partial charge < -0.3 is 5.32 Å². The van der Waals surface area contributed by atoms with Crippen LogP contribution in [0.25, 0.3) is 0 Å². The van der Waals surface area contributed by atoms with Gasteiger partial charge in [0.05, 0.1) is 9.83 Å². The second kappa shape index (κ2) is 5.78. The molecular weight excluding hydrogens is 272 g/mol. The molecule has 0 amide bonds. The first-order chi connectivity index (χ1) is 6.63. The Labute approximate surface area is 94.6 Å². The molecule has 0 spiro atoms. The molecule has 0 aliphatic rings. The van der Waals surface area contributed by atoms with Crippen molar-refractivity contribution in [2.24, 2.45) is 0 Å². The van der Waals surface area contributed by atoms with E-state index in [-0.39, 0.29) is 0 Å². The maximum Gasteiger partial charge on any atom is 0.254 e. The van der Waals surface area contributed by atoms with E-state index >= 15 is 0 Å². The highest BCUT2D eigenvalue weighted by atomic mass is 79.9. The average molecular weight is 284 g/mol. The van der Waals surface area contributed by atoms with Crippen molar-refractivity contribution in [3.05, 3.63) is 20.8 Å². The zero-order chi connectivity index (χ0) is 10.6. The lowest BCUT2D eigenvalue weighted by molar-refractivity contribution is 0.0994. The molecule has 1 nitrogen and oxygen atoms in total. The Morgan fingerprint density at radius 3 is 2.64 bits per heavy atom. The number of rotatable bonds is 5. The molecule has 1 N–H and O–H groups in total. The Balaban J connectivity index is 2.55. The third-order valence-electron chi connectivity index (χ3n) is 1.82. The van der Waals surface area contributed by atoms with Gasteiger partial charge in [-0.15, -0.1) is 11.3 Å². The van der Waals surface area contributed by atoms with Crippen molar-refractivity contribution < 1.29 is 8.78 Å². The fourth-order valence-electron chi connectivity index (χ4n) is 1.19. The van der Waals surface area contributed by atoms with Gasteiger partial charge in [0.2, 0.25) is 0 Å². The number of halogens is 3. The van der Waals surface area contributed by atoms with Crippen LogP contribution in [0.3, 0.4) is 0 Å². The van der Waals surface area contributed by atoms with Gasteiger partial charge in [-0.25, -0.2) is 8.78 Å². The Hall–Kier alpha value is -0.0000000000000000833. The first-order valence-electron chi connectivity index (χ1n) is 4.39. The largest absolute Gasteiger partial charge is 0.309 e. The molecule has 1 unspecified atom stereocenters. The molecular formula is C9H12BrF2NS. The summed E-state index contributed by atoms with van der Waals surface area (Å²) in [5, 5.41) is 2.78. The standard InChI is InChI=1S/C9H12BrF2NS/c1-2-13-7(9(11)12)5-6-3-4-8(10)14-6/h3-4,7,9,13H,2,5H2,1H3. The molecule has 1 aromatic heterocycles. The van der Waals surface area contributed by atoms with Crippen LogP contribution in [0, 0.1) is 0 Å². The molecule has 0 saturated heterocycles. The van der Waals surface area contributed by atoms with Crippen molar-refractivity contribution in [1.29, 1.82) is 0 Å². The molecule has 0 radical (unpaired) electrons. The summed E-state index contributed by atoms with van der Waals surface area (Å²) in [7, 11) is 0. The highest BCUT2D eigenvalue weighted by Gasteiger charge is 2.19. The maximum absolute atomic E-state index is 12.5. The monoisotopic (exact) mass is 283 g/mol. The van der Waals surface area contributed by atoms with Crippen LogP contribution in [0.1, 0.15) is 11.8 Å². The van der Waals surface area contributed by atoms with Gasteiger partial charge in [0, 0.05) is 11.3 Å². The predicted octanol–water partition coefficient (Wildman–Crippen LogP) is 3.30. The molecule has 1 heterocycles. The summed E-state index contributed by atoms with van der Waals surface area (Å²) in [6.07, 6.45) is -1.92. The summed E-state index contributed by atoms with van der Waals surface area (Å²) >= 11 is 4.81. The van der Waals surface area contributed by atoms with Gasteiger partial charge in [-0.2, -0.15) is 0 Å². The van der Waals surface area contributed by atoms with Gasteiger partial charge in [-0.3, -0.25) is 0 Å². The van der Waals surface area contributed by atoms with Crippen LogP contribution in [-0.4, -0.2) is 19.0 Å². The van der Waals surface area contributed by atoms with Crippen molar-refractivity contribution in [2.45, 2.75) is 25.8 Å². The normalized spacial score (nSPS) is 13.5. The quantitative estimate of drug-likeness (QED) is 0.874. The minimum Gasteiger partial charge on any atom is -0.309 e. The minimum absolute atomic E-state index is 0.391. The molecule has 80 valence electrons. The van der Waals surface area contributed by atoms with Crippen molar-refractivity contribution in [2.75, 3.05) is 6.54 Å². The summed E-state index contributed by atoms with van der Waals surface area (Å²) in [6.45, 7) is 2.40. The molecule has 1 rings (SSSR count). The van der Waals surface area contributed by atoms with E-state index < -0.39 is 12.5 Å². The van der Waals surface area contributed by atoms with Gasteiger partial charge in [0.1, 0.15) is 0 Å². The van der Waals surface area contributed by atoms with Crippen LogP contribution in [-0.2, 0) is 6.42 Å². The molecule has 5 heteroatoms. The van der Waals surface area contributed by atoms with Crippen LogP contribution in [0.5, 0.6) is 0 Å². The molecule has 0 aliphatic carbocycles. The van der Waals surface area contributed by atoms with Gasteiger partial charge in [0.25, 0.3) is 6.43 Å². The molecule has 14 heavy (non-hydrogen) atoms. The number of alkyl halides is 2. The topological polar surface area (TPSA) is 12.0 Å².